The number of rotatable bonds is 8. The number of carboxylic acids is 1. The van der Waals surface area contributed by atoms with Gasteiger partial charge in [0.25, 0.3) is 0 Å². The SMILES string of the molecule is CC(CCCC(C)C(=O)O)NC(=O)[C@H](N)c1ccccc1. The third-order valence-corrected chi connectivity index (χ3v) is 3.53. The van der Waals surface area contributed by atoms with Crippen LogP contribution in [0.15, 0.2) is 30.3 Å². The summed E-state index contributed by atoms with van der Waals surface area (Å²) in [5.41, 5.74) is 6.69. The molecule has 116 valence electrons. The lowest BCUT2D eigenvalue weighted by Gasteiger charge is -2.18. The Labute approximate surface area is 125 Å². The van der Waals surface area contributed by atoms with Crippen LogP contribution >= 0.6 is 0 Å². The lowest BCUT2D eigenvalue weighted by molar-refractivity contribution is -0.141. The number of hydrogen-bond acceptors (Lipinski definition) is 3. The van der Waals surface area contributed by atoms with Gasteiger partial charge < -0.3 is 16.2 Å². The molecule has 3 atom stereocenters. The van der Waals surface area contributed by atoms with Crippen molar-refractivity contribution in [1.82, 2.24) is 5.32 Å². The van der Waals surface area contributed by atoms with Crippen LogP contribution in [0.5, 0.6) is 0 Å². The molecule has 5 nitrogen and oxygen atoms in total. The van der Waals surface area contributed by atoms with Crippen molar-refractivity contribution >= 4 is 11.9 Å². The summed E-state index contributed by atoms with van der Waals surface area (Å²) in [5, 5.41) is 11.7. The average molecular weight is 292 g/mol. The molecule has 21 heavy (non-hydrogen) atoms. The predicted octanol–water partition coefficient (Wildman–Crippen LogP) is 2.08. The molecule has 0 aliphatic carbocycles. The Morgan fingerprint density at radius 2 is 1.81 bits per heavy atom. The number of nitrogens with two attached hydrogens (primary N) is 1. The van der Waals surface area contributed by atoms with Crippen LogP contribution in [0.2, 0.25) is 0 Å². The third-order valence-electron chi connectivity index (χ3n) is 3.53. The van der Waals surface area contributed by atoms with Crippen LogP contribution in [0, 0.1) is 5.92 Å². The zero-order valence-corrected chi connectivity index (χ0v) is 12.6. The summed E-state index contributed by atoms with van der Waals surface area (Å²) in [4.78, 5) is 22.7. The highest BCUT2D eigenvalue weighted by Crippen LogP contribution is 2.12. The zero-order chi connectivity index (χ0) is 15.8. The number of amides is 1. The van der Waals surface area contributed by atoms with Crippen molar-refractivity contribution in [3.05, 3.63) is 35.9 Å². The van der Waals surface area contributed by atoms with E-state index in [2.05, 4.69) is 5.32 Å². The first-order valence-corrected chi connectivity index (χ1v) is 7.25. The minimum Gasteiger partial charge on any atom is -0.481 e. The second-order valence-corrected chi connectivity index (χ2v) is 5.47. The van der Waals surface area contributed by atoms with E-state index in [1.807, 2.05) is 37.3 Å². The molecule has 1 rings (SSSR count). The lowest BCUT2D eigenvalue weighted by Crippen LogP contribution is -2.39. The molecule has 0 aliphatic heterocycles. The van der Waals surface area contributed by atoms with Gasteiger partial charge in [0.1, 0.15) is 6.04 Å². The van der Waals surface area contributed by atoms with E-state index in [9.17, 15) is 9.59 Å². The maximum atomic E-state index is 12.0. The standard InChI is InChI=1S/C16H24N2O3/c1-11(16(20)21)7-6-8-12(2)18-15(19)14(17)13-9-4-3-5-10-13/h3-5,9-12,14H,6-8,17H2,1-2H3,(H,18,19)(H,20,21)/t11?,12?,14-/m1/s1. The number of carbonyl (C=O) groups is 2. The first kappa shape index (κ1) is 17.2. The van der Waals surface area contributed by atoms with Crippen molar-refractivity contribution in [3.8, 4) is 0 Å². The summed E-state index contributed by atoms with van der Waals surface area (Å²) in [5.74, 6) is -1.34. The van der Waals surface area contributed by atoms with Crippen LogP contribution in [-0.2, 0) is 9.59 Å². The first-order valence-electron chi connectivity index (χ1n) is 7.25. The molecular weight excluding hydrogens is 268 g/mol. The Kier molecular flexibility index (Phi) is 6.88. The van der Waals surface area contributed by atoms with Crippen molar-refractivity contribution in [3.63, 3.8) is 0 Å². The van der Waals surface area contributed by atoms with E-state index in [1.165, 1.54) is 0 Å². The van der Waals surface area contributed by atoms with E-state index in [1.54, 1.807) is 6.92 Å². The van der Waals surface area contributed by atoms with Gasteiger partial charge in [0, 0.05) is 6.04 Å². The summed E-state index contributed by atoms with van der Waals surface area (Å²) in [6.07, 6.45) is 2.11. The lowest BCUT2D eigenvalue weighted by atomic mass is 10.0. The van der Waals surface area contributed by atoms with Crippen molar-refractivity contribution in [2.75, 3.05) is 0 Å². The number of carboxylic acid groups (broad SMARTS) is 1. The zero-order valence-electron chi connectivity index (χ0n) is 12.6. The second kappa shape index (κ2) is 8.42. The molecule has 0 fully saturated rings. The second-order valence-electron chi connectivity index (χ2n) is 5.47. The molecular formula is C16H24N2O3. The van der Waals surface area contributed by atoms with E-state index >= 15 is 0 Å². The van der Waals surface area contributed by atoms with Crippen molar-refractivity contribution in [2.45, 2.75) is 45.2 Å². The van der Waals surface area contributed by atoms with Gasteiger partial charge in [-0.05, 0) is 25.3 Å². The molecule has 0 aromatic heterocycles. The van der Waals surface area contributed by atoms with E-state index < -0.39 is 12.0 Å². The van der Waals surface area contributed by atoms with Crippen LogP contribution < -0.4 is 11.1 Å². The fraction of sp³-hybridized carbons (Fsp3) is 0.500. The van der Waals surface area contributed by atoms with Gasteiger partial charge in [0.15, 0.2) is 0 Å². The molecule has 5 heteroatoms. The maximum absolute atomic E-state index is 12.0. The minimum atomic E-state index is -0.780. The summed E-state index contributed by atoms with van der Waals surface area (Å²) in [7, 11) is 0. The normalized spacial score (nSPS) is 15.0. The van der Waals surface area contributed by atoms with Crippen molar-refractivity contribution in [2.24, 2.45) is 11.7 Å². The molecule has 0 saturated heterocycles. The average Bonchev–Trinajstić information content (AvgIpc) is 2.46. The molecule has 0 spiro atoms. The van der Waals surface area contributed by atoms with Gasteiger partial charge in [-0.15, -0.1) is 0 Å². The van der Waals surface area contributed by atoms with E-state index in [4.69, 9.17) is 10.8 Å². The summed E-state index contributed by atoms with van der Waals surface area (Å²) in [6, 6.07) is 8.52. The number of carbonyl (C=O) groups excluding carboxylic acids is 1. The smallest absolute Gasteiger partial charge is 0.306 e. The highest BCUT2D eigenvalue weighted by Gasteiger charge is 2.17. The Bertz CT molecular complexity index is 462. The molecule has 0 aliphatic rings. The van der Waals surface area contributed by atoms with Gasteiger partial charge in [-0.25, -0.2) is 0 Å². The minimum absolute atomic E-state index is 0.0201. The summed E-state index contributed by atoms with van der Waals surface area (Å²) >= 11 is 0. The van der Waals surface area contributed by atoms with Crippen LogP contribution in [0.4, 0.5) is 0 Å². The molecule has 0 bridgehead atoms. The monoisotopic (exact) mass is 292 g/mol. The number of benzene rings is 1. The molecule has 1 aromatic carbocycles. The van der Waals surface area contributed by atoms with Gasteiger partial charge in [0.2, 0.25) is 5.91 Å². The van der Waals surface area contributed by atoms with Crippen LogP contribution in [0.3, 0.4) is 0 Å². The van der Waals surface area contributed by atoms with Crippen molar-refractivity contribution < 1.29 is 14.7 Å². The Morgan fingerprint density at radius 3 is 2.38 bits per heavy atom. The molecule has 0 radical (unpaired) electrons. The summed E-state index contributed by atoms with van der Waals surface area (Å²) in [6.45, 7) is 3.60. The molecule has 1 amide bonds. The molecule has 4 N–H and O–H groups in total. The van der Waals surface area contributed by atoms with Gasteiger partial charge >= 0.3 is 5.97 Å². The van der Waals surface area contributed by atoms with E-state index in [0.717, 1.165) is 18.4 Å². The number of hydrogen-bond donors (Lipinski definition) is 3. The largest absolute Gasteiger partial charge is 0.481 e. The molecule has 0 saturated carbocycles. The summed E-state index contributed by atoms with van der Waals surface area (Å²) < 4.78 is 0. The quantitative estimate of drug-likeness (QED) is 0.684. The predicted molar refractivity (Wildman–Crippen MR) is 81.6 cm³/mol. The Hall–Kier alpha value is -1.88. The first-order chi connectivity index (χ1) is 9.91. The highest BCUT2D eigenvalue weighted by molar-refractivity contribution is 5.83. The maximum Gasteiger partial charge on any atom is 0.306 e. The Morgan fingerprint density at radius 1 is 1.19 bits per heavy atom. The van der Waals surface area contributed by atoms with Gasteiger partial charge in [-0.1, -0.05) is 43.7 Å². The van der Waals surface area contributed by atoms with Crippen LogP contribution in [0.1, 0.15) is 44.7 Å². The van der Waals surface area contributed by atoms with E-state index in [0.29, 0.717) is 6.42 Å². The van der Waals surface area contributed by atoms with Gasteiger partial charge in [0.05, 0.1) is 5.92 Å². The highest BCUT2D eigenvalue weighted by atomic mass is 16.4. The molecule has 0 heterocycles. The van der Waals surface area contributed by atoms with Crippen LogP contribution in [0.25, 0.3) is 0 Å². The fourth-order valence-corrected chi connectivity index (χ4v) is 2.07. The molecule has 2 unspecified atom stereocenters. The van der Waals surface area contributed by atoms with E-state index in [-0.39, 0.29) is 17.9 Å². The van der Waals surface area contributed by atoms with Crippen molar-refractivity contribution in [1.29, 1.82) is 0 Å². The van der Waals surface area contributed by atoms with Gasteiger partial charge in [-0.2, -0.15) is 0 Å². The van der Waals surface area contributed by atoms with Gasteiger partial charge in [-0.3, -0.25) is 9.59 Å². The van der Waals surface area contributed by atoms with Crippen LogP contribution in [-0.4, -0.2) is 23.0 Å². The topological polar surface area (TPSA) is 92.4 Å². The number of aliphatic carboxylic acids is 1. The number of nitrogens with one attached hydrogen (secondary N) is 1. The third kappa shape index (κ3) is 5.95. The Balaban J connectivity index is 2.35. The fourth-order valence-electron chi connectivity index (χ4n) is 2.07. The molecule has 1 aromatic rings.